The Morgan fingerprint density at radius 2 is 2.21 bits per heavy atom. The molecular formula is C13H11N6NaO6S2. The Kier molecular flexibility index (Phi) is 5.90. The molecular weight excluding hydrogens is 423 g/mol. The second-order valence-electron chi connectivity index (χ2n) is 5.63. The van der Waals surface area contributed by atoms with Gasteiger partial charge in [0.15, 0.2) is 10.8 Å². The van der Waals surface area contributed by atoms with Gasteiger partial charge in [0.1, 0.15) is 6.04 Å². The summed E-state index contributed by atoms with van der Waals surface area (Å²) in [6, 6.07) is 0.0915. The number of carbonyl (C=O) groups excluding carboxylic acids is 2. The van der Waals surface area contributed by atoms with Crippen molar-refractivity contribution in [3.63, 3.8) is 0 Å². The van der Waals surface area contributed by atoms with Crippen LogP contribution in [-0.4, -0.2) is 68.8 Å². The van der Waals surface area contributed by atoms with E-state index >= 15 is 0 Å². The normalized spacial score (nSPS) is 18.7. The third-order valence-electron chi connectivity index (χ3n) is 3.83. The number of nitrogens with zero attached hydrogens (tertiary/aromatic N) is 5. The van der Waals surface area contributed by atoms with E-state index in [0.717, 1.165) is 0 Å². The number of anilines is 1. The van der Waals surface area contributed by atoms with E-state index in [0.29, 0.717) is 15.8 Å². The number of amides is 3. The summed E-state index contributed by atoms with van der Waals surface area (Å²) < 4.78 is 38.1. The minimum absolute atomic E-state index is 0. The number of aromatic nitrogens is 3. The van der Waals surface area contributed by atoms with Crippen LogP contribution in [-0.2, 0) is 14.7 Å². The van der Waals surface area contributed by atoms with Crippen molar-refractivity contribution >= 4 is 45.2 Å². The Balaban J connectivity index is 0.00000225. The largest absolute Gasteiger partial charge is 1.00 e. The van der Waals surface area contributed by atoms with Crippen LogP contribution in [0.15, 0.2) is 29.9 Å². The van der Waals surface area contributed by atoms with E-state index in [9.17, 15) is 22.6 Å². The van der Waals surface area contributed by atoms with E-state index < -0.39 is 28.4 Å². The number of hydrogen-bond donors (Lipinski definition) is 1. The summed E-state index contributed by atoms with van der Waals surface area (Å²) in [5.41, 5.74) is 0.559. The van der Waals surface area contributed by atoms with Crippen molar-refractivity contribution in [2.45, 2.75) is 6.04 Å². The summed E-state index contributed by atoms with van der Waals surface area (Å²) in [5.74, 6) is -0.113. The second-order valence-corrected chi connectivity index (χ2v) is 7.49. The van der Waals surface area contributed by atoms with E-state index in [1.54, 1.807) is 23.7 Å². The van der Waals surface area contributed by atoms with Gasteiger partial charge >= 0.3 is 35.6 Å². The molecule has 2 aliphatic rings. The molecule has 2 bridgehead atoms. The van der Waals surface area contributed by atoms with E-state index in [4.69, 9.17) is 0 Å². The smallest absolute Gasteiger partial charge is 0.724 e. The first-order valence-corrected chi connectivity index (χ1v) is 9.72. The van der Waals surface area contributed by atoms with Crippen LogP contribution in [0.3, 0.4) is 0 Å². The van der Waals surface area contributed by atoms with Crippen LogP contribution in [0.25, 0.3) is 5.70 Å². The van der Waals surface area contributed by atoms with Gasteiger partial charge in [-0.2, -0.15) is 14.4 Å². The van der Waals surface area contributed by atoms with Gasteiger partial charge in [0.25, 0.3) is 5.91 Å². The third kappa shape index (κ3) is 4.27. The summed E-state index contributed by atoms with van der Waals surface area (Å²) in [6.07, 6.45) is 4.67. The number of carbonyl (C=O) groups is 2. The Morgan fingerprint density at radius 1 is 1.43 bits per heavy atom. The summed E-state index contributed by atoms with van der Waals surface area (Å²) in [5, 5.41) is 9.33. The second kappa shape index (κ2) is 7.90. The molecule has 2 aromatic heterocycles. The van der Waals surface area contributed by atoms with Gasteiger partial charge < -0.3 is 14.8 Å². The number of hydroxylamine groups is 2. The molecule has 0 spiro atoms. The Morgan fingerprint density at radius 3 is 2.89 bits per heavy atom. The fourth-order valence-corrected chi connectivity index (χ4v) is 3.67. The molecule has 1 atom stereocenters. The number of fused-ring (bicyclic) bond motifs is 2. The van der Waals surface area contributed by atoms with Crippen LogP contribution in [0.5, 0.6) is 0 Å². The SMILES string of the molecule is O=C(Nc1ccn(C2=CC3CN(C2)C(=O)N3OS(=O)(=O)[O-])n1)c1nccs1.[Na+]. The van der Waals surface area contributed by atoms with Crippen LogP contribution in [0.2, 0.25) is 0 Å². The number of urea groups is 1. The van der Waals surface area contributed by atoms with Crippen LogP contribution in [0, 0.1) is 0 Å². The Labute approximate surface area is 185 Å². The molecule has 1 fully saturated rings. The molecule has 4 heterocycles. The predicted molar refractivity (Wildman–Crippen MR) is 89.9 cm³/mol. The van der Waals surface area contributed by atoms with E-state index in [1.807, 2.05) is 0 Å². The predicted octanol–water partition coefficient (Wildman–Crippen LogP) is -3.05. The van der Waals surface area contributed by atoms with Crippen molar-refractivity contribution in [2.24, 2.45) is 0 Å². The maximum atomic E-state index is 12.1. The summed E-state index contributed by atoms with van der Waals surface area (Å²) >= 11 is 1.19. The maximum absolute atomic E-state index is 12.1. The minimum Gasteiger partial charge on any atom is -0.724 e. The van der Waals surface area contributed by atoms with Crippen LogP contribution in [0.4, 0.5) is 10.6 Å². The number of nitrogens with one attached hydrogen (secondary N) is 1. The first-order chi connectivity index (χ1) is 12.8. The van der Waals surface area contributed by atoms with Crippen LogP contribution >= 0.6 is 11.3 Å². The molecule has 0 radical (unpaired) electrons. The third-order valence-corrected chi connectivity index (χ3v) is 4.94. The zero-order chi connectivity index (χ0) is 19.2. The molecule has 1 saturated heterocycles. The number of rotatable bonds is 5. The molecule has 0 aromatic carbocycles. The standard InChI is InChI=1S/C13H12N6O6S2.Na/c20-11(12-14-2-4-26-12)15-10-1-3-18(16-10)8-5-9-7-17(6-8)13(21)19(9)25-27(22,23)24;/h1-5,9H,6-7H2,(H,15,16,20)(H,22,23,24);/q;+1/p-1. The van der Waals surface area contributed by atoms with Crippen LogP contribution < -0.4 is 34.9 Å². The molecule has 3 amide bonds. The van der Waals surface area contributed by atoms with Gasteiger partial charge in [-0.05, 0) is 6.08 Å². The first-order valence-electron chi connectivity index (χ1n) is 7.51. The molecule has 12 nitrogen and oxygen atoms in total. The fraction of sp³-hybridized carbons (Fsp3) is 0.231. The Bertz CT molecular complexity index is 1040. The quantitative estimate of drug-likeness (QED) is 0.296. The fourth-order valence-electron chi connectivity index (χ4n) is 2.77. The zero-order valence-corrected chi connectivity index (χ0v) is 18.0. The maximum Gasteiger partial charge on any atom is 1.00 e. The van der Waals surface area contributed by atoms with Gasteiger partial charge in [0, 0.05) is 30.4 Å². The van der Waals surface area contributed by atoms with Gasteiger partial charge in [-0.3, -0.25) is 4.79 Å². The molecule has 15 heteroatoms. The molecule has 2 aliphatic heterocycles. The van der Waals surface area contributed by atoms with Gasteiger partial charge in [0.2, 0.25) is 10.4 Å². The van der Waals surface area contributed by atoms with Gasteiger partial charge in [-0.25, -0.2) is 22.9 Å². The van der Waals surface area contributed by atoms with Crippen molar-refractivity contribution in [3.05, 3.63) is 34.9 Å². The van der Waals surface area contributed by atoms with Crippen molar-refractivity contribution in [2.75, 3.05) is 18.4 Å². The van der Waals surface area contributed by atoms with E-state index in [-0.39, 0.29) is 48.5 Å². The molecule has 1 unspecified atom stereocenters. The van der Waals surface area contributed by atoms with E-state index in [2.05, 4.69) is 19.7 Å². The molecule has 0 saturated carbocycles. The summed E-state index contributed by atoms with van der Waals surface area (Å²) in [7, 11) is -5.07. The first kappa shape index (κ1) is 20.9. The Hall–Kier alpha value is -1.81. The number of thiazole rings is 1. The van der Waals surface area contributed by atoms with Gasteiger partial charge in [-0.1, -0.05) is 0 Å². The average Bonchev–Trinajstić information content (AvgIpc) is 3.32. The van der Waals surface area contributed by atoms with Crippen molar-refractivity contribution < 1.29 is 56.4 Å². The molecule has 28 heavy (non-hydrogen) atoms. The topological polar surface area (TPSA) is 150 Å². The van der Waals surface area contributed by atoms with Crippen molar-refractivity contribution in [3.8, 4) is 0 Å². The van der Waals surface area contributed by atoms with Gasteiger partial charge in [-0.15, -0.1) is 11.3 Å². The number of hydrogen-bond acceptors (Lipinski definition) is 9. The molecule has 142 valence electrons. The van der Waals surface area contributed by atoms with Crippen molar-refractivity contribution in [1.82, 2.24) is 24.7 Å². The molecule has 2 aromatic rings. The summed E-state index contributed by atoms with van der Waals surface area (Å²) in [4.78, 5) is 29.4. The molecule has 4 rings (SSSR count). The molecule has 1 N–H and O–H groups in total. The monoisotopic (exact) mass is 434 g/mol. The minimum atomic E-state index is -5.07. The molecule has 0 aliphatic carbocycles. The van der Waals surface area contributed by atoms with E-state index in [1.165, 1.54) is 27.1 Å². The zero-order valence-electron chi connectivity index (χ0n) is 14.4. The van der Waals surface area contributed by atoms with Crippen LogP contribution in [0.1, 0.15) is 9.80 Å². The summed E-state index contributed by atoms with van der Waals surface area (Å²) in [6.45, 7) is 0.322. The van der Waals surface area contributed by atoms with Crippen molar-refractivity contribution in [1.29, 1.82) is 0 Å². The van der Waals surface area contributed by atoms with Gasteiger partial charge in [0.05, 0.1) is 12.2 Å². The average molecular weight is 434 g/mol.